The van der Waals surface area contributed by atoms with Crippen LogP contribution in [0.3, 0.4) is 0 Å². The van der Waals surface area contributed by atoms with Crippen molar-refractivity contribution in [1.29, 1.82) is 0 Å². The van der Waals surface area contributed by atoms with Crippen LogP contribution in [-0.2, 0) is 0 Å². The molecule has 1 aromatic carbocycles. The average Bonchev–Trinajstić information content (AvgIpc) is 2.47. The molecule has 136 valence electrons. The number of nitrogens with zero attached hydrogens (tertiary/aromatic N) is 2. The smallest absolute Gasteiger partial charge is 0.319 e. The van der Waals surface area contributed by atoms with Gasteiger partial charge >= 0.3 is 6.03 Å². The van der Waals surface area contributed by atoms with Gasteiger partial charge in [-0.1, -0.05) is 23.2 Å². The van der Waals surface area contributed by atoms with Crippen molar-refractivity contribution in [2.24, 2.45) is 5.41 Å². The van der Waals surface area contributed by atoms with Crippen molar-refractivity contribution in [1.82, 2.24) is 10.3 Å². The molecule has 5 nitrogen and oxygen atoms in total. The Morgan fingerprint density at radius 2 is 1.88 bits per heavy atom. The molecule has 2 aliphatic rings. The standard InChI is InChI=1S/C19H20Cl2N4O/c1-12-4-17(2-3-22-12)25-10-19(11-25)8-16(9-19)24-18(26)23-15-6-13(20)5-14(21)7-15/h2-7,16H,8-11H2,1H3,(H2,23,24,26). The minimum absolute atomic E-state index is 0.214. The molecule has 1 aromatic heterocycles. The van der Waals surface area contributed by atoms with Crippen molar-refractivity contribution in [3.05, 3.63) is 52.3 Å². The Bertz CT molecular complexity index is 823. The first-order valence-corrected chi connectivity index (χ1v) is 9.38. The lowest BCUT2D eigenvalue weighted by atomic mass is 9.60. The van der Waals surface area contributed by atoms with E-state index in [2.05, 4.69) is 32.7 Å². The molecule has 1 aliphatic heterocycles. The highest BCUT2D eigenvalue weighted by molar-refractivity contribution is 6.35. The van der Waals surface area contributed by atoms with E-state index >= 15 is 0 Å². The van der Waals surface area contributed by atoms with E-state index in [4.69, 9.17) is 23.2 Å². The summed E-state index contributed by atoms with van der Waals surface area (Å²) in [4.78, 5) is 18.8. The van der Waals surface area contributed by atoms with Crippen LogP contribution in [0.1, 0.15) is 18.5 Å². The van der Waals surface area contributed by atoms with Crippen molar-refractivity contribution < 1.29 is 4.79 Å². The molecule has 2 amide bonds. The molecule has 2 aromatic rings. The molecule has 0 atom stereocenters. The fourth-order valence-electron chi connectivity index (χ4n) is 4.00. The van der Waals surface area contributed by atoms with Gasteiger partial charge in [0.05, 0.1) is 0 Å². The molecule has 7 heteroatoms. The first-order chi connectivity index (χ1) is 12.4. The molecule has 0 unspecified atom stereocenters. The highest BCUT2D eigenvalue weighted by Crippen LogP contribution is 2.49. The van der Waals surface area contributed by atoms with E-state index in [0.29, 0.717) is 21.1 Å². The summed E-state index contributed by atoms with van der Waals surface area (Å²) in [5.74, 6) is 0. The zero-order chi connectivity index (χ0) is 18.3. The number of halogens is 2. The number of hydrogen-bond donors (Lipinski definition) is 2. The third kappa shape index (κ3) is 3.60. The van der Waals surface area contributed by atoms with E-state index in [1.165, 1.54) is 5.69 Å². The van der Waals surface area contributed by atoms with Crippen molar-refractivity contribution in [2.45, 2.75) is 25.8 Å². The zero-order valence-electron chi connectivity index (χ0n) is 14.4. The summed E-state index contributed by atoms with van der Waals surface area (Å²) in [5, 5.41) is 6.81. The minimum Gasteiger partial charge on any atom is -0.370 e. The number of pyridine rings is 1. The fourth-order valence-corrected chi connectivity index (χ4v) is 4.52. The van der Waals surface area contributed by atoms with Crippen LogP contribution >= 0.6 is 23.2 Å². The van der Waals surface area contributed by atoms with Crippen LogP contribution in [0.2, 0.25) is 10.0 Å². The first-order valence-electron chi connectivity index (χ1n) is 8.62. The lowest BCUT2D eigenvalue weighted by molar-refractivity contribution is 0.0541. The quantitative estimate of drug-likeness (QED) is 0.811. The average molecular weight is 391 g/mol. The van der Waals surface area contributed by atoms with E-state index in [1.54, 1.807) is 18.2 Å². The normalized spacial score (nSPS) is 18.2. The number of carbonyl (C=O) groups is 1. The number of anilines is 2. The molecule has 26 heavy (non-hydrogen) atoms. The Hall–Kier alpha value is -1.98. The third-order valence-corrected chi connectivity index (χ3v) is 5.55. The molecular formula is C19H20Cl2N4O. The summed E-state index contributed by atoms with van der Waals surface area (Å²) in [6.07, 6.45) is 3.88. The number of hydrogen-bond acceptors (Lipinski definition) is 3. The molecule has 1 saturated heterocycles. The summed E-state index contributed by atoms with van der Waals surface area (Å²) in [6, 6.07) is 9.15. The van der Waals surface area contributed by atoms with Crippen LogP contribution in [0.25, 0.3) is 0 Å². The largest absolute Gasteiger partial charge is 0.370 e. The predicted octanol–water partition coefficient (Wildman–Crippen LogP) is 4.49. The molecule has 0 bridgehead atoms. The number of carbonyl (C=O) groups excluding carboxylic acids is 1. The van der Waals surface area contributed by atoms with Crippen molar-refractivity contribution in [3.63, 3.8) is 0 Å². The van der Waals surface area contributed by atoms with Gasteiger partial charge in [-0.25, -0.2) is 4.79 Å². The van der Waals surface area contributed by atoms with Gasteiger partial charge < -0.3 is 15.5 Å². The summed E-state index contributed by atoms with van der Waals surface area (Å²) >= 11 is 11.9. The number of benzene rings is 1. The second-order valence-corrected chi connectivity index (χ2v) is 8.25. The minimum atomic E-state index is -0.218. The molecule has 2 fully saturated rings. The van der Waals surface area contributed by atoms with Crippen LogP contribution in [0.5, 0.6) is 0 Å². The molecule has 2 N–H and O–H groups in total. The monoisotopic (exact) mass is 390 g/mol. The van der Waals surface area contributed by atoms with Crippen LogP contribution in [0, 0.1) is 12.3 Å². The number of aromatic nitrogens is 1. The zero-order valence-corrected chi connectivity index (χ0v) is 15.9. The van der Waals surface area contributed by atoms with Crippen LogP contribution in [-0.4, -0.2) is 30.1 Å². The molecule has 0 radical (unpaired) electrons. The van der Waals surface area contributed by atoms with Gasteiger partial charge in [-0.3, -0.25) is 4.98 Å². The van der Waals surface area contributed by atoms with E-state index < -0.39 is 0 Å². The Morgan fingerprint density at radius 3 is 2.54 bits per heavy atom. The highest BCUT2D eigenvalue weighted by atomic mass is 35.5. The van der Waals surface area contributed by atoms with E-state index in [0.717, 1.165) is 31.6 Å². The Labute approximate surface area is 162 Å². The predicted molar refractivity (Wildman–Crippen MR) is 105 cm³/mol. The fraction of sp³-hybridized carbons (Fsp3) is 0.368. The second-order valence-electron chi connectivity index (χ2n) is 7.37. The number of rotatable bonds is 3. The van der Waals surface area contributed by atoms with Crippen molar-refractivity contribution in [3.8, 4) is 0 Å². The topological polar surface area (TPSA) is 57.3 Å². The van der Waals surface area contributed by atoms with E-state index in [-0.39, 0.29) is 12.1 Å². The SMILES string of the molecule is Cc1cc(N2CC3(CC(NC(=O)Nc4cc(Cl)cc(Cl)c4)C3)C2)ccn1. The summed E-state index contributed by atoms with van der Waals surface area (Å²) in [5.41, 5.74) is 3.20. The Kier molecular flexibility index (Phi) is 4.45. The second kappa shape index (κ2) is 6.63. The number of amides is 2. The van der Waals surface area contributed by atoms with Gasteiger partial charge in [-0.2, -0.15) is 0 Å². The highest BCUT2D eigenvalue weighted by Gasteiger charge is 2.52. The van der Waals surface area contributed by atoms with Crippen LogP contribution < -0.4 is 15.5 Å². The van der Waals surface area contributed by atoms with Gasteiger partial charge in [-0.05, 0) is 50.1 Å². The number of urea groups is 1. The van der Waals surface area contributed by atoms with Gasteiger partial charge in [0.2, 0.25) is 0 Å². The summed E-state index contributed by atoms with van der Waals surface area (Å²) in [7, 11) is 0. The van der Waals surface area contributed by atoms with E-state index in [9.17, 15) is 4.79 Å². The molecule has 4 rings (SSSR count). The summed E-state index contributed by atoms with van der Waals surface area (Å²) < 4.78 is 0. The van der Waals surface area contributed by atoms with Crippen LogP contribution in [0.15, 0.2) is 36.5 Å². The maximum absolute atomic E-state index is 12.2. The summed E-state index contributed by atoms with van der Waals surface area (Å²) in [6.45, 7) is 4.09. The third-order valence-electron chi connectivity index (χ3n) is 5.11. The molecule has 2 heterocycles. The van der Waals surface area contributed by atoms with Gasteiger partial charge in [0.1, 0.15) is 0 Å². The maximum Gasteiger partial charge on any atom is 0.319 e. The maximum atomic E-state index is 12.2. The number of aryl methyl sites for hydroxylation is 1. The van der Waals surface area contributed by atoms with E-state index in [1.807, 2.05) is 13.1 Å². The Morgan fingerprint density at radius 1 is 1.19 bits per heavy atom. The van der Waals surface area contributed by atoms with Crippen molar-refractivity contribution in [2.75, 3.05) is 23.3 Å². The Balaban J connectivity index is 1.25. The lowest BCUT2D eigenvalue weighted by Crippen LogP contribution is -2.67. The van der Waals surface area contributed by atoms with Gasteiger partial charge in [-0.15, -0.1) is 0 Å². The molecule has 1 aliphatic carbocycles. The molecule has 1 spiro atoms. The first kappa shape index (κ1) is 17.4. The number of nitrogens with one attached hydrogen (secondary N) is 2. The van der Waals surface area contributed by atoms with Gasteiger partial charge in [0.25, 0.3) is 0 Å². The van der Waals surface area contributed by atoms with Crippen molar-refractivity contribution >= 4 is 40.6 Å². The molecular weight excluding hydrogens is 371 g/mol. The molecule has 1 saturated carbocycles. The lowest BCUT2D eigenvalue weighted by Gasteiger charge is -2.59. The van der Waals surface area contributed by atoms with Crippen LogP contribution in [0.4, 0.5) is 16.2 Å². The van der Waals surface area contributed by atoms with Gasteiger partial charge in [0.15, 0.2) is 0 Å². The van der Waals surface area contributed by atoms with Gasteiger partial charge in [0, 0.05) is 57.9 Å².